The Labute approximate surface area is 192 Å². The molecule has 0 aliphatic heterocycles. The van der Waals surface area contributed by atoms with Gasteiger partial charge in [0.2, 0.25) is 0 Å². The molecule has 0 amide bonds. The Kier molecular flexibility index (Phi) is 6.23. The third kappa shape index (κ3) is 4.81. The lowest BCUT2D eigenvalue weighted by atomic mass is 10.0. The van der Waals surface area contributed by atoms with Crippen molar-refractivity contribution in [3.05, 3.63) is 83.1 Å². The first-order chi connectivity index (χ1) is 15.4. The van der Waals surface area contributed by atoms with Gasteiger partial charge in [-0.2, -0.15) is 0 Å². The van der Waals surface area contributed by atoms with Crippen molar-refractivity contribution in [3.8, 4) is 0 Å². The number of Topliss-reactive ketones (excluding diaryl/α,β-unsaturated/α-hetero) is 1. The second-order valence-corrected chi connectivity index (χ2v) is 8.23. The van der Waals surface area contributed by atoms with Gasteiger partial charge in [-0.25, -0.2) is 9.97 Å². The minimum absolute atomic E-state index is 0.0262. The molecular formula is C25H24ClN5O. The van der Waals surface area contributed by atoms with Gasteiger partial charge < -0.3 is 16.0 Å². The molecule has 2 aromatic heterocycles. The molecule has 0 spiro atoms. The number of fused-ring (bicyclic) bond motifs is 1. The van der Waals surface area contributed by atoms with Crippen molar-refractivity contribution >= 4 is 51.2 Å². The van der Waals surface area contributed by atoms with Crippen molar-refractivity contribution in [1.82, 2.24) is 9.97 Å². The van der Waals surface area contributed by atoms with E-state index in [1.54, 1.807) is 12.3 Å². The number of benzene rings is 2. The van der Waals surface area contributed by atoms with E-state index in [0.29, 0.717) is 35.1 Å². The summed E-state index contributed by atoms with van der Waals surface area (Å²) in [5.41, 5.74) is 9.39. The highest BCUT2D eigenvalue weighted by atomic mass is 35.5. The summed E-state index contributed by atoms with van der Waals surface area (Å²) in [6, 6.07) is 17.5. The summed E-state index contributed by atoms with van der Waals surface area (Å²) >= 11 is 6.15. The maximum Gasteiger partial charge on any atom is 0.166 e. The lowest BCUT2D eigenvalue weighted by Gasteiger charge is -2.14. The highest BCUT2D eigenvalue weighted by Gasteiger charge is 2.15. The molecule has 0 saturated heterocycles. The molecule has 0 atom stereocenters. The van der Waals surface area contributed by atoms with Crippen LogP contribution in [0.2, 0.25) is 5.02 Å². The van der Waals surface area contributed by atoms with E-state index in [-0.39, 0.29) is 5.78 Å². The van der Waals surface area contributed by atoms with Gasteiger partial charge in [0.15, 0.2) is 5.78 Å². The summed E-state index contributed by atoms with van der Waals surface area (Å²) in [7, 11) is 3.97. The number of aromatic nitrogens is 2. The Bertz CT molecular complexity index is 1270. The van der Waals surface area contributed by atoms with Gasteiger partial charge in [-0.3, -0.25) is 4.79 Å². The Balaban J connectivity index is 1.51. The quantitative estimate of drug-likeness (QED) is 0.366. The maximum absolute atomic E-state index is 13.1. The Hall–Kier alpha value is -3.64. The summed E-state index contributed by atoms with van der Waals surface area (Å²) in [5, 5.41) is 5.59. The maximum atomic E-state index is 13.1. The molecule has 0 aliphatic carbocycles. The van der Waals surface area contributed by atoms with E-state index >= 15 is 0 Å². The molecule has 7 heteroatoms. The van der Waals surface area contributed by atoms with Crippen molar-refractivity contribution in [1.29, 1.82) is 0 Å². The Morgan fingerprint density at radius 1 is 1.06 bits per heavy atom. The number of nitrogen functional groups attached to an aromatic ring is 1. The molecule has 0 saturated carbocycles. The van der Waals surface area contributed by atoms with Gasteiger partial charge in [0, 0.05) is 49.7 Å². The molecule has 0 fully saturated rings. The summed E-state index contributed by atoms with van der Waals surface area (Å²) in [6.45, 7) is 0. The predicted octanol–water partition coefficient (Wildman–Crippen LogP) is 5.49. The predicted molar refractivity (Wildman–Crippen MR) is 132 cm³/mol. The number of hydrogen-bond donors (Lipinski definition) is 2. The van der Waals surface area contributed by atoms with Crippen LogP contribution in [-0.4, -0.2) is 29.8 Å². The highest BCUT2D eigenvalue weighted by Crippen LogP contribution is 2.26. The van der Waals surface area contributed by atoms with Crippen LogP contribution in [0.4, 0.5) is 23.0 Å². The number of aryl methyl sites for hydroxylation is 1. The number of nitrogens with one attached hydrogen (secondary N) is 1. The fourth-order valence-electron chi connectivity index (χ4n) is 3.53. The summed E-state index contributed by atoms with van der Waals surface area (Å²) in [4.78, 5) is 23.6. The number of carbonyl (C=O) groups is 1. The van der Waals surface area contributed by atoms with E-state index in [1.165, 1.54) is 6.20 Å². The van der Waals surface area contributed by atoms with E-state index < -0.39 is 0 Å². The number of carbonyl (C=O) groups excluding carboxylic acids is 1. The summed E-state index contributed by atoms with van der Waals surface area (Å²) < 4.78 is 0. The number of nitrogens with two attached hydrogens (primary N) is 1. The third-order valence-electron chi connectivity index (χ3n) is 5.30. The van der Waals surface area contributed by atoms with Crippen LogP contribution in [0.3, 0.4) is 0 Å². The van der Waals surface area contributed by atoms with Crippen LogP contribution in [-0.2, 0) is 6.42 Å². The molecule has 0 bridgehead atoms. The molecule has 3 N–H and O–H groups in total. The molecule has 0 radical (unpaired) electrons. The van der Waals surface area contributed by atoms with Crippen LogP contribution in [0.25, 0.3) is 10.8 Å². The van der Waals surface area contributed by atoms with Gasteiger partial charge >= 0.3 is 0 Å². The zero-order valence-electron chi connectivity index (χ0n) is 18.0. The third-order valence-corrected chi connectivity index (χ3v) is 5.51. The van der Waals surface area contributed by atoms with Crippen LogP contribution in [0.5, 0.6) is 0 Å². The van der Waals surface area contributed by atoms with Gasteiger partial charge in [-0.05, 0) is 53.8 Å². The first-order valence-corrected chi connectivity index (χ1v) is 10.6. The van der Waals surface area contributed by atoms with Gasteiger partial charge in [0.05, 0.1) is 10.6 Å². The largest absolute Gasteiger partial charge is 0.383 e. The normalized spacial score (nSPS) is 10.8. The van der Waals surface area contributed by atoms with Crippen molar-refractivity contribution in [3.63, 3.8) is 0 Å². The minimum atomic E-state index is -0.0262. The number of rotatable bonds is 7. The number of halogens is 1. The first-order valence-electron chi connectivity index (χ1n) is 10.3. The minimum Gasteiger partial charge on any atom is -0.383 e. The Morgan fingerprint density at radius 2 is 1.84 bits per heavy atom. The highest BCUT2D eigenvalue weighted by molar-refractivity contribution is 6.31. The molecule has 4 rings (SSSR count). The molecule has 4 aromatic rings. The van der Waals surface area contributed by atoms with Crippen LogP contribution in [0.15, 0.2) is 67.0 Å². The van der Waals surface area contributed by atoms with Gasteiger partial charge in [-0.15, -0.1) is 0 Å². The molecule has 162 valence electrons. The van der Waals surface area contributed by atoms with Gasteiger partial charge in [-0.1, -0.05) is 29.8 Å². The van der Waals surface area contributed by atoms with Crippen molar-refractivity contribution in [2.75, 3.05) is 30.0 Å². The van der Waals surface area contributed by atoms with Crippen molar-refractivity contribution in [2.24, 2.45) is 0 Å². The van der Waals surface area contributed by atoms with Gasteiger partial charge in [0.25, 0.3) is 0 Å². The second-order valence-electron chi connectivity index (χ2n) is 7.79. The molecule has 2 heterocycles. The smallest absolute Gasteiger partial charge is 0.166 e. The van der Waals surface area contributed by atoms with E-state index in [9.17, 15) is 4.79 Å². The molecule has 0 aliphatic rings. The van der Waals surface area contributed by atoms with Crippen LogP contribution in [0.1, 0.15) is 22.3 Å². The Morgan fingerprint density at radius 3 is 2.59 bits per heavy atom. The summed E-state index contributed by atoms with van der Waals surface area (Å²) in [6.07, 6.45) is 4.16. The van der Waals surface area contributed by atoms with E-state index in [2.05, 4.69) is 15.3 Å². The van der Waals surface area contributed by atoms with Crippen molar-refractivity contribution < 1.29 is 4.79 Å². The average Bonchev–Trinajstić information content (AvgIpc) is 2.79. The van der Waals surface area contributed by atoms with Crippen LogP contribution >= 0.6 is 11.6 Å². The number of hydrogen-bond acceptors (Lipinski definition) is 6. The lowest BCUT2D eigenvalue weighted by Crippen LogP contribution is -2.09. The van der Waals surface area contributed by atoms with Gasteiger partial charge in [0.1, 0.15) is 11.6 Å². The lowest BCUT2D eigenvalue weighted by molar-refractivity contribution is 0.0983. The van der Waals surface area contributed by atoms with Crippen molar-refractivity contribution in [2.45, 2.75) is 12.8 Å². The van der Waals surface area contributed by atoms with Crippen LogP contribution in [0, 0.1) is 0 Å². The first kappa shape index (κ1) is 21.6. The fraction of sp³-hybridized carbons (Fsp3) is 0.160. The number of ketones is 1. The van der Waals surface area contributed by atoms with E-state index in [0.717, 1.165) is 27.7 Å². The zero-order valence-corrected chi connectivity index (χ0v) is 18.7. The summed E-state index contributed by atoms with van der Waals surface area (Å²) in [5.74, 6) is 0.973. The number of anilines is 4. The monoisotopic (exact) mass is 445 g/mol. The fourth-order valence-corrected chi connectivity index (χ4v) is 3.69. The second kappa shape index (κ2) is 9.24. The standard InChI is InChI=1S/C25H24ClN5O/c1-31(2)20-7-5-19(6-8-20)30-25-22(14-18(26)15-29-25)23(32)10-4-16-3-9-21-17(13-16)11-12-28-24(21)27/h3,5-9,11-15H,4,10H2,1-2H3,(H2,27,28)(H,29,30). The number of nitrogens with zero attached hydrogens (tertiary/aromatic N) is 3. The van der Waals surface area contributed by atoms with Crippen LogP contribution < -0.4 is 16.0 Å². The SMILES string of the molecule is CN(C)c1ccc(Nc2ncc(Cl)cc2C(=O)CCc2ccc3c(N)nccc3c2)cc1. The molecule has 2 aromatic carbocycles. The number of pyridine rings is 2. The molecule has 32 heavy (non-hydrogen) atoms. The van der Waals surface area contributed by atoms with E-state index in [4.69, 9.17) is 17.3 Å². The topological polar surface area (TPSA) is 84.1 Å². The molecule has 0 unspecified atom stereocenters. The average molecular weight is 446 g/mol. The molecule has 6 nitrogen and oxygen atoms in total. The zero-order chi connectivity index (χ0) is 22.7. The molecular weight excluding hydrogens is 422 g/mol. The van der Waals surface area contributed by atoms with E-state index in [1.807, 2.05) is 67.5 Å².